The Labute approximate surface area is 235 Å². The molecular weight excluding hydrogens is 514 g/mol. The summed E-state index contributed by atoms with van der Waals surface area (Å²) in [5.41, 5.74) is 4.83. The summed E-state index contributed by atoms with van der Waals surface area (Å²) in [5, 5.41) is 11.6. The predicted octanol–water partition coefficient (Wildman–Crippen LogP) is 7.01. The maximum atomic E-state index is 13.4. The second kappa shape index (κ2) is 12.2. The van der Waals surface area contributed by atoms with E-state index in [4.69, 9.17) is 21.1 Å². The lowest BCUT2D eigenvalue weighted by Gasteiger charge is -2.37. The molecule has 1 N–H and O–H groups in total. The molecule has 0 radical (unpaired) electrons. The first kappa shape index (κ1) is 28.7. The third kappa shape index (κ3) is 7.40. The lowest BCUT2D eigenvalue weighted by molar-refractivity contribution is 0.00194. The first-order valence-corrected chi connectivity index (χ1v) is 13.7. The zero-order valence-electron chi connectivity index (χ0n) is 22.9. The Balaban J connectivity index is 1.59. The maximum absolute atomic E-state index is 13.4. The van der Waals surface area contributed by atoms with E-state index in [0.717, 1.165) is 29.5 Å². The number of aryl methyl sites for hydroxylation is 1. The van der Waals surface area contributed by atoms with Gasteiger partial charge in [0.05, 0.1) is 24.8 Å². The van der Waals surface area contributed by atoms with Crippen molar-refractivity contribution in [3.8, 4) is 11.1 Å². The van der Waals surface area contributed by atoms with Gasteiger partial charge in [-0.1, -0.05) is 54.1 Å². The van der Waals surface area contributed by atoms with Gasteiger partial charge in [-0.15, -0.1) is 0 Å². The van der Waals surface area contributed by atoms with E-state index in [-0.39, 0.29) is 18.6 Å². The molecule has 1 aliphatic rings. The standard InChI is InChI=1S/C32H36ClNO5/c1-5-38-30(36)25-8-6-7-23(17-25)24-10-9-21-13-16-28(19-26(21)18-24)34(31(37)39-32(2,3)4)20-29(35)22-11-14-27(33)15-12-22/h6-12,14-15,17-18,28-29,35H,5,13,16,19-20H2,1-4H3. The highest BCUT2D eigenvalue weighted by Gasteiger charge is 2.33. The summed E-state index contributed by atoms with van der Waals surface area (Å²) in [4.78, 5) is 27.3. The van der Waals surface area contributed by atoms with Crippen molar-refractivity contribution in [2.45, 2.75) is 64.7 Å². The molecule has 1 amide bonds. The Morgan fingerprint density at radius 1 is 1.03 bits per heavy atom. The van der Waals surface area contributed by atoms with E-state index in [0.29, 0.717) is 29.2 Å². The lowest BCUT2D eigenvalue weighted by Crippen LogP contribution is -2.47. The van der Waals surface area contributed by atoms with Crippen molar-refractivity contribution in [1.29, 1.82) is 0 Å². The molecule has 1 aliphatic carbocycles. The van der Waals surface area contributed by atoms with Gasteiger partial charge < -0.3 is 19.5 Å². The summed E-state index contributed by atoms with van der Waals surface area (Å²) in [6.45, 7) is 7.74. The Bertz CT molecular complexity index is 1310. The number of ether oxygens (including phenoxy) is 2. The molecule has 0 aliphatic heterocycles. The van der Waals surface area contributed by atoms with Crippen molar-refractivity contribution in [2.24, 2.45) is 0 Å². The molecule has 0 saturated heterocycles. The van der Waals surface area contributed by atoms with Gasteiger partial charge in [-0.05, 0) is 99.0 Å². The van der Waals surface area contributed by atoms with E-state index in [2.05, 4.69) is 18.2 Å². The third-order valence-corrected chi connectivity index (χ3v) is 7.06. The first-order valence-electron chi connectivity index (χ1n) is 13.4. The van der Waals surface area contributed by atoms with E-state index >= 15 is 0 Å². The largest absolute Gasteiger partial charge is 0.462 e. The number of benzene rings is 3. The molecule has 0 saturated carbocycles. The summed E-state index contributed by atoms with van der Waals surface area (Å²) in [6, 6.07) is 20.6. The molecule has 3 aromatic carbocycles. The molecular formula is C32H36ClNO5. The molecule has 0 bridgehead atoms. The zero-order valence-corrected chi connectivity index (χ0v) is 23.7. The number of hydrogen-bond acceptors (Lipinski definition) is 5. The van der Waals surface area contributed by atoms with Gasteiger partial charge in [0, 0.05) is 11.1 Å². The number of amides is 1. The van der Waals surface area contributed by atoms with Crippen molar-refractivity contribution in [3.63, 3.8) is 0 Å². The predicted molar refractivity (Wildman–Crippen MR) is 153 cm³/mol. The first-order chi connectivity index (χ1) is 18.5. The second-order valence-electron chi connectivity index (χ2n) is 10.9. The van der Waals surface area contributed by atoms with Crippen LogP contribution >= 0.6 is 11.6 Å². The van der Waals surface area contributed by atoms with Crippen LogP contribution in [0.5, 0.6) is 0 Å². The van der Waals surface area contributed by atoms with Crippen LogP contribution < -0.4 is 0 Å². The molecule has 0 aromatic heterocycles. The highest BCUT2D eigenvalue weighted by Crippen LogP contribution is 2.31. The molecule has 0 spiro atoms. The molecule has 2 atom stereocenters. The Morgan fingerprint density at radius 2 is 1.74 bits per heavy atom. The number of halogens is 1. The third-order valence-electron chi connectivity index (χ3n) is 6.81. The smallest absolute Gasteiger partial charge is 0.410 e. The lowest BCUT2D eigenvalue weighted by atomic mass is 9.85. The molecule has 2 unspecified atom stereocenters. The summed E-state index contributed by atoms with van der Waals surface area (Å²) < 4.78 is 10.9. The highest BCUT2D eigenvalue weighted by molar-refractivity contribution is 6.30. The van der Waals surface area contributed by atoms with Crippen molar-refractivity contribution in [1.82, 2.24) is 4.90 Å². The molecule has 206 valence electrons. The number of carbonyl (C=O) groups excluding carboxylic acids is 2. The van der Waals surface area contributed by atoms with Crippen LogP contribution in [0, 0.1) is 0 Å². The minimum absolute atomic E-state index is 0.109. The van der Waals surface area contributed by atoms with Crippen molar-refractivity contribution in [3.05, 3.63) is 94.0 Å². The number of hydrogen-bond donors (Lipinski definition) is 1. The van der Waals surface area contributed by atoms with E-state index in [1.165, 1.54) is 5.56 Å². The number of fused-ring (bicyclic) bond motifs is 1. The second-order valence-corrected chi connectivity index (χ2v) is 11.3. The fraction of sp³-hybridized carbons (Fsp3) is 0.375. The highest BCUT2D eigenvalue weighted by atomic mass is 35.5. The number of aliphatic hydroxyl groups is 1. The van der Waals surface area contributed by atoms with Crippen LogP contribution in [0.2, 0.25) is 5.02 Å². The van der Waals surface area contributed by atoms with E-state index < -0.39 is 17.8 Å². The van der Waals surface area contributed by atoms with Crippen LogP contribution in [0.3, 0.4) is 0 Å². The molecule has 0 heterocycles. The van der Waals surface area contributed by atoms with Crippen LogP contribution in [0.15, 0.2) is 66.7 Å². The minimum Gasteiger partial charge on any atom is -0.462 e. The van der Waals surface area contributed by atoms with Gasteiger partial charge in [-0.3, -0.25) is 0 Å². The van der Waals surface area contributed by atoms with E-state index in [1.54, 1.807) is 42.2 Å². The van der Waals surface area contributed by atoms with Crippen LogP contribution in [-0.2, 0) is 22.3 Å². The number of carbonyl (C=O) groups is 2. The number of nitrogens with zero attached hydrogens (tertiary/aromatic N) is 1. The van der Waals surface area contributed by atoms with Gasteiger partial charge in [0.2, 0.25) is 0 Å². The van der Waals surface area contributed by atoms with Gasteiger partial charge >= 0.3 is 12.1 Å². The molecule has 39 heavy (non-hydrogen) atoms. The SMILES string of the molecule is CCOC(=O)c1cccc(-c2ccc3c(c2)CC(N(CC(O)c2ccc(Cl)cc2)C(=O)OC(C)(C)C)CC3)c1. The number of aliphatic hydroxyl groups excluding tert-OH is 1. The van der Waals surface area contributed by atoms with Gasteiger partial charge in [0.15, 0.2) is 0 Å². The minimum atomic E-state index is -0.881. The topological polar surface area (TPSA) is 76.1 Å². The Hall–Kier alpha value is -3.35. The Kier molecular flexibility index (Phi) is 8.98. The quantitative estimate of drug-likeness (QED) is 0.321. The summed E-state index contributed by atoms with van der Waals surface area (Å²) in [6.07, 6.45) is 0.875. The van der Waals surface area contributed by atoms with E-state index in [1.807, 2.05) is 39.0 Å². The zero-order chi connectivity index (χ0) is 28.2. The summed E-state index contributed by atoms with van der Waals surface area (Å²) in [5.74, 6) is -0.343. The van der Waals surface area contributed by atoms with Gasteiger partial charge in [0.1, 0.15) is 5.60 Å². The molecule has 4 rings (SSSR count). The van der Waals surface area contributed by atoms with Gasteiger partial charge in [0.25, 0.3) is 0 Å². The van der Waals surface area contributed by atoms with Gasteiger partial charge in [-0.25, -0.2) is 9.59 Å². The van der Waals surface area contributed by atoms with E-state index in [9.17, 15) is 14.7 Å². The monoisotopic (exact) mass is 549 g/mol. The maximum Gasteiger partial charge on any atom is 0.410 e. The molecule has 0 fully saturated rings. The molecule has 7 heteroatoms. The molecule has 3 aromatic rings. The van der Waals surface area contributed by atoms with Crippen molar-refractivity contribution in [2.75, 3.05) is 13.2 Å². The number of rotatable bonds is 7. The van der Waals surface area contributed by atoms with Crippen LogP contribution in [0.1, 0.15) is 67.3 Å². The summed E-state index contributed by atoms with van der Waals surface area (Å²) in [7, 11) is 0. The van der Waals surface area contributed by atoms with Crippen LogP contribution in [0.25, 0.3) is 11.1 Å². The van der Waals surface area contributed by atoms with Crippen LogP contribution in [-0.4, -0.2) is 46.9 Å². The fourth-order valence-electron chi connectivity index (χ4n) is 4.89. The fourth-order valence-corrected chi connectivity index (χ4v) is 5.02. The number of esters is 1. The summed E-state index contributed by atoms with van der Waals surface area (Å²) >= 11 is 6.02. The van der Waals surface area contributed by atoms with Crippen molar-refractivity contribution >= 4 is 23.7 Å². The average Bonchev–Trinajstić information content (AvgIpc) is 2.90. The molecule has 6 nitrogen and oxygen atoms in total. The van der Waals surface area contributed by atoms with Crippen LogP contribution in [0.4, 0.5) is 4.79 Å². The average molecular weight is 550 g/mol. The van der Waals surface area contributed by atoms with Gasteiger partial charge in [-0.2, -0.15) is 0 Å². The normalized spacial score (nSPS) is 15.7. The van der Waals surface area contributed by atoms with Crippen molar-refractivity contribution < 1.29 is 24.2 Å². The Morgan fingerprint density at radius 3 is 2.44 bits per heavy atom.